The van der Waals surface area contributed by atoms with Crippen molar-refractivity contribution in [2.45, 2.75) is 12.6 Å². The molecule has 2 rings (SSSR count). The first-order valence-corrected chi connectivity index (χ1v) is 6.49. The Morgan fingerprint density at radius 3 is 2.47 bits per heavy atom. The number of hydrogen-bond donors (Lipinski definition) is 0. The summed E-state index contributed by atoms with van der Waals surface area (Å²) in [5, 5.41) is 0.572. The number of nitrogens with zero attached hydrogens (tertiary/aromatic N) is 1. The van der Waals surface area contributed by atoms with Crippen molar-refractivity contribution in [3.8, 4) is 0 Å². The van der Waals surface area contributed by atoms with Crippen molar-refractivity contribution in [2.24, 2.45) is 0 Å². The standard InChI is InChI=1S/C13H8BrClF3N/c14-10-2-3-11(15)9(6-10)5-8-1-4-12(19-7-8)13(16,17)18/h1-4,6-7H,5H2. The molecule has 1 aromatic heterocycles. The zero-order valence-electron chi connectivity index (χ0n) is 9.51. The highest BCUT2D eigenvalue weighted by atomic mass is 79.9. The van der Waals surface area contributed by atoms with E-state index in [9.17, 15) is 13.2 Å². The lowest BCUT2D eigenvalue weighted by Crippen LogP contribution is -2.07. The summed E-state index contributed by atoms with van der Waals surface area (Å²) in [6.45, 7) is 0. The average Bonchev–Trinajstić information content (AvgIpc) is 2.33. The van der Waals surface area contributed by atoms with E-state index in [1.165, 1.54) is 12.3 Å². The molecule has 1 aromatic carbocycles. The smallest absolute Gasteiger partial charge is 0.251 e. The molecule has 19 heavy (non-hydrogen) atoms. The fraction of sp³-hybridized carbons (Fsp3) is 0.154. The number of pyridine rings is 1. The second-order valence-electron chi connectivity index (χ2n) is 3.96. The molecule has 2 aromatic rings. The van der Waals surface area contributed by atoms with Gasteiger partial charge in [0.15, 0.2) is 0 Å². The van der Waals surface area contributed by atoms with Gasteiger partial charge in [-0.1, -0.05) is 33.6 Å². The Hall–Kier alpha value is -1.07. The number of aromatic nitrogens is 1. The molecule has 0 radical (unpaired) electrons. The lowest BCUT2D eigenvalue weighted by Gasteiger charge is -2.08. The third-order valence-corrected chi connectivity index (χ3v) is 3.38. The molecule has 0 aliphatic carbocycles. The van der Waals surface area contributed by atoms with Crippen molar-refractivity contribution >= 4 is 27.5 Å². The molecule has 0 saturated carbocycles. The minimum absolute atomic E-state index is 0.434. The maximum Gasteiger partial charge on any atom is 0.433 e. The first kappa shape index (κ1) is 14.3. The topological polar surface area (TPSA) is 12.9 Å². The third-order valence-electron chi connectivity index (χ3n) is 2.52. The van der Waals surface area contributed by atoms with Crippen LogP contribution >= 0.6 is 27.5 Å². The van der Waals surface area contributed by atoms with Gasteiger partial charge in [0, 0.05) is 22.1 Å². The fourth-order valence-electron chi connectivity index (χ4n) is 1.60. The van der Waals surface area contributed by atoms with Crippen LogP contribution in [0.2, 0.25) is 5.02 Å². The summed E-state index contributed by atoms with van der Waals surface area (Å²) in [6, 6.07) is 7.75. The Morgan fingerprint density at radius 2 is 1.89 bits per heavy atom. The third kappa shape index (κ3) is 3.70. The lowest BCUT2D eigenvalue weighted by atomic mass is 10.1. The van der Waals surface area contributed by atoms with E-state index in [2.05, 4.69) is 20.9 Å². The quantitative estimate of drug-likeness (QED) is 0.733. The van der Waals surface area contributed by atoms with Crippen molar-refractivity contribution < 1.29 is 13.2 Å². The highest BCUT2D eigenvalue weighted by Gasteiger charge is 2.31. The van der Waals surface area contributed by atoms with E-state index in [-0.39, 0.29) is 0 Å². The molecule has 0 atom stereocenters. The van der Waals surface area contributed by atoms with Gasteiger partial charge in [-0.15, -0.1) is 0 Å². The normalized spacial score (nSPS) is 11.6. The van der Waals surface area contributed by atoms with E-state index in [1.54, 1.807) is 12.1 Å². The highest BCUT2D eigenvalue weighted by Crippen LogP contribution is 2.28. The molecule has 0 saturated heterocycles. The SMILES string of the molecule is FC(F)(F)c1ccc(Cc2cc(Br)ccc2Cl)cn1. The van der Waals surface area contributed by atoms with E-state index in [0.29, 0.717) is 17.0 Å². The number of benzene rings is 1. The Labute approximate surface area is 121 Å². The maximum absolute atomic E-state index is 12.4. The molecule has 0 fully saturated rings. The van der Waals surface area contributed by atoms with Crippen LogP contribution in [0.4, 0.5) is 13.2 Å². The van der Waals surface area contributed by atoms with Crippen LogP contribution in [0, 0.1) is 0 Å². The Balaban J connectivity index is 2.22. The second kappa shape index (κ2) is 5.51. The Kier molecular flexibility index (Phi) is 4.16. The largest absolute Gasteiger partial charge is 0.433 e. The zero-order chi connectivity index (χ0) is 14.0. The molecule has 0 spiro atoms. The molecule has 6 heteroatoms. The fourth-order valence-corrected chi connectivity index (χ4v) is 2.19. The van der Waals surface area contributed by atoms with E-state index < -0.39 is 11.9 Å². The Bertz CT molecular complexity index is 581. The molecular weight excluding hydrogens is 343 g/mol. The van der Waals surface area contributed by atoms with Crippen LogP contribution in [-0.4, -0.2) is 4.98 Å². The summed E-state index contributed by atoms with van der Waals surface area (Å²) in [6.07, 6.45) is -2.75. The van der Waals surface area contributed by atoms with Crippen LogP contribution in [0.25, 0.3) is 0 Å². The van der Waals surface area contributed by atoms with Crippen LogP contribution in [0.15, 0.2) is 41.0 Å². The minimum Gasteiger partial charge on any atom is -0.251 e. The molecule has 0 unspecified atom stereocenters. The van der Waals surface area contributed by atoms with Crippen LogP contribution in [0.5, 0.6) is 0 Å². The van der Waals surface area contributed by atoms with Gasteiger partial charge >= 0.3 is 6.18 Å². The van der Waals surface area contributed by atoms with Crippen LogP contribution in [-0.2, 0) is 12.6 Å². The summed E-state index contributed by atoms with van der Waals surface area (Å²) in [5.74, 6) is 0. The van der Waals surface area contributed by atoms with Gasteiger partial charge in [0.05, 0.1) is 0 Å². The predicted molar refractivity (Wildman–Crippen MR) is 71.2 cm³/mol. The van der Waals surface area contributed by atoms with Crippen molar-refractivity contribution in [3.63, 3.8) is 0 Å². The summed E-state index contributed by atoms with van der Waals surface area (Å²) < 4.78 is 38.0. The number of hydrogen-bond acceptors (Lipinski definition) is 1. The van der Waals surface area contributed by atoms with Crippen molar-refractivity contribution in [1.82, 2.24) is 4.98 Å². The second-order valence-corrected chi connectivity index (χ2v) is 5.28. The lowest BCUT2D eigenvalue weighted by molar-refractivity contribution is -0.141. The molecular formula is C13H8BrClF3N. The van der Waals surface area contributed by atoms with Gasteiger partial charge in [-0.2, -0.15) is 13.2 Å². The number of alkyl halides is 3. The van der Waals surface area contributed by atoms with E-state index >= 15 is 0 Å². The monoisotopic (exact) mass is 349 g/mol. The molecule has 0 N–H and O–H groups in total. The van der Waals surface area contributed by atoms with Gasteiger partial charge in [-0.05, 0) is 35.4 Å². The molecule has 1 nitrogen and oxygen atoms in total. The molecule has 0 aliphatic heterocycles. The van der Waals surface area contributed by atoms with Gasteiger partial charge in [-0.3, -0.25) is 4.98 Å². The van der Waals surface area contributed by atoms with Crippen LogP contribution in [0.1, 0.15) is 16.8 Å². The summed E-state index contributed by atoms with van der Waals surface area (Å²) in [5.41, 5.74) is 0.613. The summed E-state index contributed by atoms with van der Waals surface area (Å²) in [4.78, 5) is 3.42. The van der Waals surface area contributed by atoms with E-state index in [1.807, 2.05) is 6.07 Å². The Morgan fingerprint density at radius 1 is 1.16 bits per heavy atom. The van der Waals surface area contributed by atoms with E-state index in [4.69, 9.17) is 11.6 Å². The van der Waals surface area contributed by atoms with Crippen LogP contribution < -0.4 is 0 Å². The summed E-state index contributed by atoms with van der Waals surface area (Å²) in [7, 11) is 0. The van der Waals surface area contributed by atoms with Gasteiger partial charge in [0.25, 0.3) is 0 Å². The van der Waals surface area contributed by atoms with Crippen molar-refractivity contribution in [2.75, 3.05) is 0 Å². The molecule has 100 valence electrons. The molecule has 0 aliphatic rings. The molecule has 1 heterocycles. The van der Waals surface area contributed by atoms with Gasteiger partial charge in [0.1, 0.15) is 5.69 Å². The van der Waals surface area contributed by atoms with Crippen molar-refractivity contribution in [1.29, 1.82) is 0 Å². The zero-order valence-corrected chi connectivity index (χ0v) is 11.9. The van der Waals surface area contributed by atoms with Gasteiger partial charge < -0.3 is 0 Å². The maximum atomic E-state index is 12.4. The van der Waals surface area contributed by atoms with Gasteiger partial charge in [0.2, 0.25) is 0 Å². The summed E-state index contributed by atoms with van der Waals surface area (Å²) >= 11 is 9.35. The number of rotatable bonds is 2. The first-order chi connectivity index (χ1) is 8.86. The predicted octanol–water partition coefficient (Wildman–Crippen LogP) is 5.11. The average molecular weight is 351 g/mol. The van der Waals surface area contributed by atoms with Gasteiger partial charge in [-0.25, -0.2) is 0 Å². The molecule has 0 bridgehead atoms. The van der Waals surface area contributed by atoms with E-state index in [0.717, 1.165) is 16.1 Å². The number of halogens is 5. The van der Waals surface area contributed by atoms with Crippen LogP contribution in [0.3, 0.4) is 0 Å². The molecule has 0 amide bonds. The first-order valence-electron chi connectivity index (χ1n) is 5.32. The van der Waals surface area contributed by atoms with Crippen molar-refractivity contribution in [3.05, 3.63) is 62.8 Å². The highest BCUT2D eigenvalue weighted by molar-refractivity contribution is 9.10. The minimum atomic E-state index is -4.41.